The van der Waals surface area contributed by atoms with Crippen LogP contribution in [0, 0.1) is 0 Å². The summed E-state index contributed by atoms with van der Waals surface area (Å²) in [5, 5.41) is 0.527. The van der Waals surface area contributed by atoms with Crippen LogP contribution in [0.4, 0.5) is 5.95 Å². The van der Waals surface area contributed by atoms with Crippen LogP contribution in [0.3, 0.4) is 0 Å². The summed E-state index contributed by atoms with van der Waals surface area (Å²) in [6, 6.07) is 5.36. The lowest BCUT2D eigenvalue weighted by molar-refractivity contribution is 0.186. The summed E-state index contributed by atoms with van der Waals surface area (Å²) >= 11 is 0. The normalized spacial score (nSPS) is 10.7. The molecule has 0 bridgehead atoms. The monoisotopic (exact) mass is 205 g/mol. The number of H-pyrrole nitrogens is 1. The van der Waals surface area contributed by atoms with Gasteiger partial charge in [0.05, 0.1) is 17.5 Å². The average Bonchev–Trinajstić information content (AvgIpc) is 2.19. The topological polar surface area (TPSA) is 81.0 Å². The maximum atomic E-state index is 11.5. The van der Waals surface area contributed by atoms with Crippen molar-refractivity contribution in [3.05, 3.63) is 34.1 Å². The van der Waals surface area contributed by atoms with Crippen molar-refractivity contribution in [1.29, 1.82) is 0 Å². The molecule has 1 aromatic carbocycles. The zero-order valence-electron chi connectivity index (χ0n) is 8.28. The number of rotatable bonds is 2. The highest BCUT2D eigenvalue weighted by molar-refractivity contribution is 5.81. The molecule has 2 rings (SSSR count). The molecule has 0 aliphatic heterocycles. The van der Waals surface area contributed by atoms with Crippen LogP contribution in [0.2, 0.25) is 0 Å². The number of anilines is 1. The third-order valence-corrected chi connectivity index (χ3v) is 2.14. The fraction of sp³-hybridized carbons (Fsp3) is 0.200. The number of para-hydroxylation sites is 1. The van der Waals surface area contributed by atoms with Gasteiger partial charge in [0.2, 0.25) is 5.95 Å². The van der Waals surface area contributed by atoms with E-state index in [4.69, 9.17) is 10.5 Å². The van der Waals surface area contributed by atoms with Crippen LogP contribution >= 0.6 is 0 Å². The Balaban J connectivity index is 2.79. The summed E-state index contributed by atoms with van der Waals surface area (Å²) in [6.07, 6.45) is 0. The second kappa shape index (κ2) is 3.70. The molecule has 15 heavy (non-hydrogen) atoms. The standard InChI is InChI=1S/C10H11N3O2/c1-15-5-6-3-2-4-7-8(6)12-10(11)13-9(7)14/h2-4H,5H2,1H3,(H3,11,12,13,14). The van der Waals surface area contributed by atoms with Crippen LogP contribution < -0.4 is 11.3 Å². The van der Waals surface area contributed by atoms with Crippen LogP contribution in [0.1, 0.15) is 5.56 Å². The molecule has 1 aromatic heterocycles. The Morgan fingerprint density at radius 3 is 3.07 bits per heavy atom. The van der Waals surface area contributed by atoms with Gasteiger partial charge in [-0.3, -0.25) is 9.78 Å². The Kier molecular flexibility index (Phi) is 2.39. The van der Waals surface area contributed by atoms with Crippen LogP contribution in [0.5, 0.6) is 0 Å². The minimum absolute atomic E-state index is 0.121. The Morgan fingerprint density at radius 2 is 2.33 bits per heavy atom. The Bertz CT molecular complexity index is 548. The number of nitrogens with two attached hydrogens (primary N) is 1. The van der Waals surface area contributed by atoms with E-state index in [1.165, 1.54) is 0 Å². The molecule has 5 nitrogen and oxygen atoms in total. The van der Waals surface area contributed by atoms with Crippen molar-refractivity contribution in [1.82, 2.24) is 9.97 Å². The van der Waals surface area contributed by atoms with Gasteiger partial charge in [-0.25, -0.2) is 4.98 Å². The average molecular weight is 205 g/mol. The van der Waals surface area contributed by atoms with E-state index in [9.17, 15) is 4.79 Å². The first kappa shape index (κ1) is 9.67. The molecular formula is C10H11N3O2. The lowest BCUT2D eigenvalue weighted by Gasteiger charge is -2.04. The molecule has 0 radical (unpaired) electrons. The lowest BCUT2D eigenvalue weighted by Crippen LogP contribution is -2.12. The minimum atomic E-state index is -0.226. The Morgan fingerprint density at radius 1 is 1.53 bits per heavy atom. The number of ether oxygens (including phenoxy) is 1. The number of hydrogen-bond donors (Lipinski definition) is 2. The van der Waals surface area contributed by atoms with Gasteiger partial charge in [-0.2, -0.15) is 0 Å². The third kappa shape index (κ3) is 1.69. The van der Waals surface area contributed by atoms with Gasteiger partial charge in [0.1, 0.15) is 0 Å². The van der Waals surface area contributed by atoms with Crippen molar-refractivity contribution in [2.75, 3.05) is 12.8 Å². The fourth-order valence-corrected chi connectivity index (χ4v) is 1.51. The van der Waals surface area contributed by atoms with Crippen LogP contribution in [0.25, 0.3) is 10.9 Å². The molecule has 1 heterocycles. The highest BCUT2D eigenvalue weighted by Crippen LogP contribution is 2.14. The van der Waals surface area contributed by atoms with Gasteiger partial charge in [0.15, 0.2) is 0 Å². The summed E-state index contributed by atoms with van der Waals surface area (Å²) in [6.45, 7) is 0.410. The van der Waals surface area contributed by atoms with E-state index in [1.54, 1.807) is 19.2 Å². The van der Waals surface area contributed by atoms with Crippen molar-refractivity contribution in [3.63, 3.8) is 0 Å². The first-order chi connectivity index (χ1) is 7.22. The molecule has 78 valence electrons. The van der Waals surface area contributed by atoms with Crippen LogP contribution in [-0.2, 0) is 11.3 Å². The second-order valence-electron chi connectivity index (χ2n) is 3.20. The van der Waals surface area contributed by atoms with Gasteiger partial charge < -0.3 is 10.5 Å². The lowest BCUT2D eigenvalue weighted by atomic mass is 10.1. The maximum Gasteiger partial charge on any atom is 0.260 e. The quantitative estimate of drug-likeness (QED) is 0.754. The highest BCUT2D eigenvalue weighted by atomic mass is 16.5. The number of fused-ring (bicyclic) bond motifs is 1. The fourth-order valence-electron chi connectivity index (χ4n) is 1.51. The van der Waals surface area contributed by atoms with E-state index in [0.717, 1.165) is 5.56 Å². The highest BCUT2D eigenvalue weighted by Gasteiger charge is 2.05. The molecule has 0 amide bonds. The molecule has 0 saturated carbocycles. The van der Waals surface area contributed by atoms with Gasteiger partial charge >= 0.3 is 0 Å². The summed E-state index contributed by atoms with van der Waals surface area (Å²) in [7, 11) is 1.59. The van der Waals surface area contributed by atoms with Crippen LogP contribution in [0.15, 0.2) is 23.0 Å². The van der Waals surface area contributed by atoms with E-state index in [1.807, 2.05) is 6.07 Å². The van der Waals surface area contributed by atoms with Gasteiger partial charge in [-0.05, 0) is 6.07 Å². The SMILES string of the molecule is COCc1cccc2c(=O)[nH]c(N)nc12. The van der Waals surface area contributed by atoms with E-state index in [-0.39, 0.29) is 11.5 Å². The first-order valence-electron chi connectivity index (χ1n) is 4.48. The summed E-state index contributed by atoms with van der Waals surface area (Å²) in [5.41, 5.74) is 6.71. The van der Waals surface area contributed by atoms with E-state index >= 15 is 0 Å². The Hall–Kier alpha value is -1.88. The van der Waals surface area contributed by atoms with Crippen molar-refractivity contribution in [2.24, 2.45) is 0 Å². The molecule has 0 aliphatic rings. The number of nitrogens with zero attached hydrogens (tertiary/aromatic N) is 1. The Labute approximate surface area is 85.9 Å². The predicted octanol–water partition coefficient (Wildman–Crippen LogP) is 0.652. The van der Waals surface area contributed by atoms with Crippen molar-refractivity contribution in [3.8, 4) is 0 Å². The number of methoxy groups -OCH3 is 1. The summed E-state index contributed by atoms with van der Waals surface area (Å²) in [4.78, 5) is 18.1. The zero-order valence-corrected chi connectivity index (χ0v) is 8.28. The van der Waals surface area contributed by atoms with Gasteiger partial charge in [-0.15, -0.1) is 0 Å². The molecule has 5 heteroatoms. The predicted molar refractivity (Wildman–Crippen MR) is 57.5 cm³/mol. The van der Waals surface area contributed by atoms with E-state index < -0.39 is 0 Å². The number of aromatic nitrogens is 2. The molecule has 0 fully saturated rings. The molecular weight excluding hydrogens is 194 g/mol. The maximum absolute atomic E-state index is 11.5. The zero-order chi connectivity index (χ0) is 10.8. The number of nitrogens with one attached hydrogen (secondary N) is 1. The molecule has 0 spiro atoms. The molecule has 0 saturated heterocycles. The smallest absolute Gasteiger partial charge is 0.260 e. The number of aromatic amines is 1. The minimum Gasteiger partial charge on any atom is -0.380 e. The molecule has 3 N–H and O–H groups in total. The molecule has 2 aromatic rings. The first-order valence-corrected chi connectivity index (χ1v) is 4.48. The van der Waals surface area contributed by atoms with Crippen molar-refractivity contribution < 1.29 is 4.74 Å². The van der Waals surface area contributed by atoms with E-state index in [0.29, 0.717) is 17.5 Å². The second-order valence-corrected chi connectivity index (χ2v) is 3.20. The third-order valence-electron chi connectivity index (χ3n) is 2.14. The molecule has 0 unspecified atom stereocenters. The molecule has 0 atom stereocenters. The number of hydrogen-bond acceptors (Lipinski definition) is 4. The number of nitrogen functional groups attached to an aromatic ring is 1. The summed E-state index contributed by atoms with van der Waals surface area (Å²) < 4.78 is 5.02. The van der Waals surface area contributed by atoms with E-state index in [2.05, 4.69) is 9.97 Å². The summed E-state index contributed by atoms with van der Waals surface area (Å²) in [5.74, 6) is 0.121. The van der Waals surface area contributed by atoms with Gasteiger partial charge in [0, 0.05) is 12.7 Å². The van der Waals surface area contributed by atoms with Crippen molar-refractivity contribution in [2.45, 2.75) is 6.61 Å². The largest absolute Gasteiger partial charge is 0.380 e. The van der Waals surface area contributed by atoms with Gasteiger partial charge in [-0.1, -0.05) is 12.1 Å². The van der Waals surface area contributed by atoms with Crippen molar-refractivity contribution >= 4 is 16.9 Å². The van der Waals surface area contributed by atoms with Gasteiger partial charge in [0.25, 0.3) is 5.56 Å². The number of benzene rings is 1. The molecule has 0 aliphatic carbocycles. The van der Waals surface area contributed by atoms with Crippen LogP contribution in [-0.4, -0.2) is 17.1 Å².